The van der Waals surface area contributed by atoms with E-state index in [0.29, 0.717) is 5.82 Å². The van der Waals surface area contributed by atoms with Gasteiger partial charge in [-0.2, -0.15) is 15.0 Å². The molecule has 2 aromatic heterocycles. The van der Waals surface area contributed by atoms with Crippen LogP contribution in [-0.4, -0.2) is 46.7 Å². The summed E-state index contributed by atoms with van der Waals surface area (Å²) in [5.74, 6) is 0.744. The summed E-state index contributed by atoms with van der Waals surface area (Å²) in [6.07, 6.45) is 0.828. The number of carbonyl (C=O) groups is 1. The predicted octanol–water partition coefficient (Wildman–Crippen LogP) is -0.191. The molecule has 1 amide bonds. The van der Waals surface area contributed by atoms with Crippen molar-refractivity contribution in [3.8, 4) is 6.01 Å². The van der Waals surface area contributed by atoms with E-state index in [2.05, 4.69) is 19.9 Å². The van der Waals surface area contributed by atoms with Crippen LogP contribution in [0.15, 0.2) is 29.4 Å². The summed E-state index contributed by atoms with van der Waals surface area (Å²) in [7, 11) is -2.49. The number of anilines is 1. The Kier molecular flexibility index (Phi) is 6.14. The Labute approximate surface area is 131 Å². The number of amides is 1. The predicted molar refractivity (Wildman–Crippen MR) is 78.1 cm³/mol. The molecule has 0 aliphatic heterocycles. The minimum Gasteiger partial charge on any atom is -0.467 e. The average molecular weight is 342 g/mol. The normalized spacial score (nSPS) is 10.2. The largest absolute Gasteiger partial charge is 0.467 e. The third-order valence-electron chi connectivity index (χ3n) is 2.09. The van der Waals surface area contributed by atoms with Crippen molar-refractivity contribution in [1.29, 1.82) is 0 Å². The number of nitrogens with zero attached hydrogens (tertiary/aromatic N) is 4. The van der Waals surface area contributed by atoms with E-state index < -0.39 is 16.1 Å². The van der Waals surface area contributed by atoms with Crippen molar-refractivity contribution in [1.82, 2.24) is 24.7 Å². The van der Waals surface area contributed by atoms with Crippen molar-refractivity contribution in [3.63, 3.8) is 0 Å². The number of ether oxygens (including phenoxy) is 1. The molecule has 0 aromatic carbocycles. The van der Waals surface area contributed by atoms with Gasteiger partial charge < -0.3 is 15.6 Å². The van der Waals surface area contributed by atoms with Gasteiger partial charge in [0.1, 0.15) is 10.7 Å². The molecule has 2 heterocycles. The quantitative estimate of drug-likeness (QED) is 0.679. The third kappa shape index (κ3) is 6.09. The monoisotopic (exact) mass is 342 g/mol. The summed E-state index contributed by atoms with van der Waals surface area (Å²) >= 11 is 0. The van der Waals surface area contributed by atoms with Gasteiger partial charge >= 0.3 is 12.1 Å². The molecule has 0 saturated heterocycles. The van der Waals surface area contributed by atoms with Crippen LogP contribution in [0, 0.1) is 6.92 Å². The summed E-state index contributed by atoms with van der Waals surface area (Å²) in [5.41, 5.74) is 5.29. The van der Waals surface area contributed by atoms with E-state index in [0.717, 1.165) is 6.20 Å². The number of hydrogen-bond acceptors (Lipinski definition) is 9. The topological polar surface area (TPSA) is 170 Å². The lowest BCUT2D eigenvalue weighted by atomic mass is 10.5. The minimum absolute atomic E-state index is 0.183. The van der Waals surface area contributed by atoms with Gasteiger partial charge in [0.25, 0.3) is 10.0 Å². The second-order valence-corrected chi connectivity index (χ2v) is 5.51. The van der Waals surface area contributed by atoms with Crippen LogP contribution in [0.25, 0.3) is 0 Å². The highest BCUT2D eigenvalue weighted by molar-refractivity contribution is 7.90. The second kappa shape index (κ2) is 7.84. The van der Waals surface area contributed by atoms with Crippen LogP contribution in [0.3, 0.4) is 0 Å². The Balaban J connectivity index is 0.000000238. The Morgan fingerprint density at radius 2 is 2.04 bits per heavy atom. The molecule has 23 heavy (non-hydrogen) atoms. The van der Waals surface area contributed by atoms with E-state index in [9.17, 15) is 13.2 Å². The van der Waals surface area contributed by atoms with Crippen molar-refractivity contribution in [2.24, 2.45) is 0 Å². The first-order chi connectivity index (χ1) is 10.7. The van der Waals surface area contributed by atoms with Gasteiger partial charge in [-0.05, 0) is 19.1 Å². The Morgan fingerprint density at radius 1 is 1.35 bits per heavy atom. The van der Waals surface area contributed by atoms with Crippen LogP contribution in [0.2, 0.25) is 0 Å². The standard InChI is InChI=1S/C6H6N2O4S.C5H8N4O/c9-6(10)8-13(11,12)5-2-1-3-7-4-5;1-3-7-4(6)9-5(8-3)10-2/h1-4,8H,(H,9,10);1-2H3,(H2,6,7,8,9). The number of pyridine rings is 1. The van der Waals surface area contributed by atoms with Crippen molar-refractivity contribution in [2.75, 3.05) is 12.8 Å². The molecule has 2 aromatic rings. The summed E-state index contributed by atoms with van der Waals surface area (Å²) in [5, 5.41) is 8.20. The molecule has 12 heteroatoms. The van der Waals surface area contributed by atoms with Crippen molar-refractivity contribution in [2.45, 2.75) is 11.8 Å². The molecular weight excluding hydrogens is 328 g/mol. The van der Waals surface area contributed by atoms with Crippen molar-refractivity contribution < 1.29 is 23.1 Å². The first kappa shape index (κ1) is 18.0. The van der Waals surface area contributed by atoms with E-state index in [1.807, 2.05) is 0 Å². The van der Waals surface area contributed by atoms with E-state index in [1.165, 1.54) is 30.2 Å². The molecule has 0 aliphatic rings. The Hall–Kier alpha value is -3.02. The SMILES string of the molecule is COc1nc(C)nc(N)n1.O=C(O)NS(=O)(=O)c1cccnc1. The van der Waals surface area contributed by atoms with E-state index in [1.54, 1.807) is 6.92 Å². The molecular formula is C11H14N6O5S. The van der Waals surface area contributed by atoms with Gasteiger partial charge in [-0.3, -0.25) is 4.98 Å². The highest BCUT2D eigenvalue weighted by Crippen LogP contribution is 2.04. The van der Waals surface area contributed by atoms with E-state index in [-0.39, 0.29) is 16.9 Å². The highest BCUT2D eigenvalue weighted by atomic mass is 32.2. The summed E-state index contributed by atoms with van der Waals surface area (Å²) < 4.78 is 28.3. The molecule has 0 unspecified atom stereocenters. The number of sulfonamides is 1. The van der Waals surface area contributed by atoms with Gasteiger partial charge in [0.05, 0.1) is 7.11 Å². The number of nitrogens with two attached hydrogens (primary N) is 1. The highest BCUT2D eigenvalue weighted by Gasteiger charge is 2.16. The maximum Gasteiger partial charge on any atom is 0.418 e. The van der Waals surface area contributed by atoms with Crippen LogP contribution in [-0.2, 0) is 10.0 Å². The van der Waals surface area contributed by atoms with Crippen molar-refractivity contribution >= 4 is 22.1 Å². The zero-order valence-electron chi connectivity index (χ0n) is 12.2. The van der Waals surface area contributed by atoms with Crippen LogP contribution < -0.4 is 15.2 Å². The first-order valence-electron chi connectivity index (χ1n) is 5.92. The van der Waals surface area contributed by atoms with E-state index in [4.69, 9.17) is 15.6 Å². The Morgan fingerprint density at radius 3 is 2.52 bits per heavy atom. The number of methoxy groups -OCH3 is 1. The smallest absolute Gasteiger partial charge is 0.418 e. The average Bonchev–Trinajstić information content (AvgIpc) is 2.46. The molecule has 124 valence electrons. The lowest BCUT2D eigenvalue weighted by Crippen LogP contribution is -2.28. The van der Waals surface area contributed by atoms with E-state index >= 15 is 0 Å². The fourth-order valence-electron chi connectivity index (χ4n) is 1.25. The maximum absolute atomic E-state index is 11.1. The molecule has 0 fully saturated rings. The number of nitrogen functional groups attached to an aromatic ring is 1. The molecule has 0 saturated carbocycles. The summed E-state index contributed by atoms with van der Waals surface area (Å²) in [4.78, 5) is 24.7. The van der Waals surface area contributed by atoms with Crippen molar-refractivity contribution in [3.05, 3.63) is 30.4 Å². The fraction of sp³-hybridized carbons (Fsp3) is 0.182. The number of aryl methyl sites for hydroxylation is 1. The Bertz CT molecular complexity index is 747. The van der Waals surface area contributed by atoms with Crippen LogP contribution in [0.1, 0.15) is 5.82 Å². The molecule has 4 N–H and O–H groups in total. The van der Waals surface area contributed by atoms with Crippen LogP contribution in [0.4, 0.5) is 10.7 Å². The van der Waals surface area contributed by atoms with Gasteiger partial charge in [0.2, 0.25) is 5.95 Å². The molecule has 0 spiro atoms. The first-order valence-corrected chi connectivity index (χ1v) is 7.41. The zero-order valence-corrected chi connectivity index (χ0v) is 13.0. The van der Waals surface area contributed by atoms with Crippen LogP contribution >= 0.6 is 0 Å². The number of carboxylic acid groups (broad SMARTS) is 1. The second-order valence-electron chi connectivity index (χ2n) is 3.83. The zero-order chi connectivity index (χ0) is 17.5. The fourth-order valence-corrected chi connectivity index (χ4v) is 2.05. The molecule has 0 atom stereocenters. The molecule has 2 rings (SSSR count). The molecule has 11 nitrogen and oxygen atoms in total. The van der Waals surface area contributed by atoms with Gasteiger partial charge in [-0.15, -0.1) is 0 Å². The van der Waals surface area contributed by atoms with Gasteiger partial charge in [-0.25, -0.2) is 17.9 Å². The minimum atomic E-state index is -3.97. The number of aromatic nitrogens is 4. The number of nitrogens with one attached hydrogen (secondary N) is 1. The molecule has 0 radical (unpaired) electrons. The molecule has 0 bridgehead atoms. The third-order valence-corrected chi connectivity index (χ3v) is 3.40. The summed E-state index contributed by atoms with van der Waals surface area (Å²) in [6.45, 7) is 1.72. The maximum atomic E-state index is 11.1. The molecule has 0 aliphatic carbocycles. The lowest BCUT2D eigenvalue weighted by molar-refractivity contribution is 0.201. The van der Waals surface area contributed by atoms with Gasteiger partial charge in [0.15, 0.2) is 0 Å². The van der Waals surface area contributed by atoms with Gasteiger partial charge in [0, 0.05) is 12.4 Å². The summed E-state index contributed by atoms with van der Waals surface area (Å²) in [6, 6.07) is 2.90. The van der Waals surface area contributed by atoms with Gasteiger partial charge in [-0.1, -0.05) is 0 Å². The van der Waals surface area contributed by atoms with Crippen LogP contribution in [0.5, 0.6) is 6.01 Å². The lowest BCUT2D eigenvalue weighted by Gasteiger charge is -2.01. The number of rotatable bonds is 3. The number of hydrogen-bond donors (Lipinski definition) is 3.